The number of carbonyl (C=O) groups is 2. The van der Waals surface area contributed by atoms with E-state index in [2.05, 4.69) is 12.2 Å². The summed E-state index contributed by atoms with van der Waals surface area (Å²) >= 11 is 5.91. The van der Waals surface area contributed by atoms with Crippen LogP contribution in [-0.4, -0.2) is 36.3 Å². The lowest BCUT2D eigenvalue weighted by Crippen LogP contribution is -2.36. The Kier molecular flexibility index (Phi) is 6.68. The van der Waals surface area contributed by atoms with E-state index in [1.807, 2.05) is 0 Å². The summed E-state index contributed by atoms with van der Waals surface area (Å²) in [6.45, 7) is 3.43. The molecule has 148 valence electrons. The van der Waals surface area contributed by atoms with Crippen molar-refractivity contribution in [2.45, 2.75) is 25.7 Å². The normalized spacial score (nSPS) is 18.9. The third kappa shape index (κ3) is 4.71. The predicted octanol–water partition coefficient (Wildman–Crippen LogP) is 4.25. The SMILES string of the molecule is CCCCNC(=O)[C@@H]1CN(C(=O)c2ccc(Cl)cc2)C[C@@H]1c1ccc(F)cc1. The van der Waals surface area contributed by atoms with Crippen molar-refractivity contribution in [3.8, 4) is 0 Å². The summed E-state index contributed by atoms with van der Waals surface area (Å²) in [7, 11) is 0. The van der Waals surface area contributed by atoms with E-state index in [0.717, 1.165) is 18.4 Å². The van der Waals surface area contributed by atoms with Gasteiger partial charge in [0.2, 0.25) is 5.91 Å². The van der Waals surface area contributed by atoms with Crippen molar-refractivity contribution in [1.29, 1.82) is 0 Å². The van der Waals surface area contributed by atoms with E-state index in [9.17, 15) is 14.0 Å². The minimum atomic E-state index is -0.362. The quantitative estimate of drug-likeness (QED) is 0.734. The highest BCUT2D eigenvalue weighted by Crippen LogP contribution is 2.34. The van der Waals surface area contributed by atoms with E-state index >= 15 is 0 Å². The summed E-state index contributed by atoms with van der Waals surface area (Å²) in [5, 5.41) is 3.54. The lowest BCUT2D eigenvalue weighted by molar-refractivity contribution is -0.124. The molecule has 2 aromatic carbocycles. The zero-order valence-electron chi connectivity index (χ0n) is 15.8. The molecule has 0 radical (unpaired) electrons. The highest BCUT2D eigenvalue weighted by atomic mass is 35.5. The van der Waals surface area contributed by atoms with Crippen molar-refractivity contribution in [3.63, 3.8) is 0 Å². The summed E-state index contributed by atoms with van der Waals surface area (Å²) in [5.74, 6) is -1.04. The number of nitrogens with one attached hydrogen (secondary N) is 1. The zero-order chi connectivity index (χ0) is 20.1. The second kappa shape index (κ2) is 9.20. The highest BCUT2D eigenvalue weighted by molar-refractivity contribution is 6.30. The monoisotopic (exact) mass is 402 g/mol. The Balaban J connectivity index is 1.81. The molecule has 1 aliphatic heterocycles. The Labute approximate surface area is 169 Å². The summed E-state index contributed by atoms with van der Waals surface area (Å²) < 4.78 is 13.3. The van der Waals surface area contributed by atoms with Gasteiger partial charge in [-0.25, -0.2) is 4.39 Å². The largest absolute Gasteiger partial charge is 0.356 e. The van der Waals surface area contributed by atoms with Gasteiger partial charge in [0.1, 0.15) is 5.82 Å². The summed E-state index contributed by atoms with van der Waals surface area (Å²) in [6, 6.07) is 12.9. The number of nitrogens with zero attached hydrogens (tertiary/aromatic N) is 1. The van der Waals surface area contributed by atoms with E-state index in [0.29, 0.717) is 30.2 Å². The van der Waals surface area contributed by atoms with Crippen LogP contribution in [0.4, 0.5) is 4.39 Å². The predicted molar refractivity (Wildman–Crippen MR) is 108 cm³/mol. The third-order valence-corrected chi connectivity index (χ3v) is 5.41. The smallest absolute Gasteiger partial charge is 0.253 e. The van der Waals surface area contributed by atoms with Crippen LogP contribution in [0.2, 0.25) is 5.02 Å². The molecule has 0 bridgehead atoms. The number of carbonyl (C=O) groups excluding carboxylic acids is 2. The summed E-state index contributed by atoms with van der Waals surface area (Å²) in [5.41, 5.74) is 1.40. The molecule has 4 nitrogen and oxygen atoms in total. The number of unbranched alkanes of at least 4 members (excludes halogenated alkanes) is 1. The lowest BCUT2D eigenvalue weighted by Gasteiger charge is -2.18. The van der Waals surface area contributed by atoms with E-state index in [-0.39, 0.29) is 29.5 Å². The fraction of sp³-hybridized carbons (Fsp3) is 0.364. The molecule has 1 saturated heterocycles. The van der Waals surface area contributed by atoms with Crippen LogP contribution in [0.1, 0.15) is 41.6 Å². The molecule has 2 atom stereocenters. The molecule has 0 saturated carbocycles. The maximum absolute atomic E-state index is 13.3. The van der Waals surface area contributed by atoms with Crippen LogP contribution < -0.4 is 5.32 Å². The first-order chi connectivity index (χ1) is 13.5. The first-order valence-corrected chi connectivity index (χ1v) is 9.95. The Morgan fingerprint density at radius 2 is 1.79 bits per heavy atom. The van der Waals surface area contributed by atoms with Gasteiger partial charge >= 0.3 is 0 Å². The molecule has 0 unspecified atom stereocenters. The standard InChI is InChI=1S/C22H24ClFN2O2/c1-2-3-12-25-21(27)20-14-26(22(28)16-4-8-17(23)9-5-16)13-19(20)15-6-10-18(24)11-7-15/h4-11,19-20H,2-3,12-14H2,1H3,(H,25,27)/t19-,20-/m1/s1. The van der Waals surface area contributed by atoms with Gasteiger partial charge in [0.05, 0.1) is 5.92 Å². The Morgan fingerprint density at radius 1 is 1.11 bits per heavy atom. The molecule has 0 spiro atoms. The van der Waals surface area contributed by atoms with Gasteiger partial charge in [0.15, 0.2) is 0 Å². The van der Waals surface area contributed by atoms with Crippen molar-refractivity contribution < 1.29 is 14.0 Å². The van der Waals surface area contributed by atoms with Gasteiger partial charge in [-0.1, -0.05) is 37.1 Å². The molecule has 1 N–H and O–H groups in total. The van der Waals surface area contributed by atoms with Crippen LogP contribution in [0.25, 0.3) is 0 Å². The van der Waals surface area contributed by atoms with E-state index < -0.39 is 0 Å². The fourth-order valence-electron chi connectivity index (χ4n) is 3.58. The van der Waals surface area contributed by atoms with Crippen LogP contribution in [-0.2, 0) is 4.79 Å². The van der Waals surface area contributed by atoms with Gasteiger partial charge in [0, 0.05) is 36.1 Å². The van der Waals surface area contributed by atoms with Gasteiger partial charge in [-0.15, -0.1) is 0 Å². The number of hydrogen-bond acceptors (Lipinski definition) is 2. The molecule has 1 heterocycles. The summed E-state index contributed by atoms with van der Waals surface area (Å²) in [6.07, 6.45) is 1.90. The summed E-state index contributed by atoms with van der Waals surface area (Å²) in [4.78, 5) is 27.4. The fourth-order valence-corrected chi connectivity index (χ4v) is 3.70. The van der Waals surface area contributed by atoms with Crippen molar-refractivity contribution in [3.05, 3.63) is 70.5 Å². The Morgan fingerprint density at radius 3 is 2.43 bits per heavy atom. The van der Waals surface area contributed by atoms with Crippen molar-refractivity contribution in [2.24, 2.45) is 5.92 Å². The van der Waals surface area contributed by atoms with Gasteiger partial charge in [0.25, 0.3) is 5.91 Å². The average Bonchev–Trinajstić information content (AvgIpc) is 3.14. The molecular weight excluding hydrogens is 379 g/mol. The van der Waals surface area contributed by atoms with Crippen molar-refractivity contribution in [1.82, 2.24) is 10.2 Å². The maximum Gasteiger partial charge on any atom is 0.253 e. The minimum absolute atomic E-state index is 0.0609. The number of amides is 2. The number of benzene rings is 2. The van der Waals surface area contributed by atoms with E-state index in [1.165, 1.54) is 12.1 Å². The Bertz CT molecular complexity index is 823. The van der Waals surface area contributed by atoms with E-state index in [4.69, 9.17) is 11.6 Å². The van der Waals surface area contributed by atoms with Gasteiger partial charge in [-0.05, 0) is 48.4 Å². The van der Waals surface area contributed by atoms with E-state index in [1.54, 1.807) is 41.3 Å². The molecule has 2 aromatic rings. The number of rotatable bonds is 6. The zero-order valence-corrected chi connectivity index (χ0v) is 16.6. The molecule has 2 amide bonds. The van der Waals surface area contributed by atoms with Crippen LogP contribution in [0.3, 0.4) is 0 Å². The molecule has 28 heavy (non-hydrogen) atoms. The number of halogens is 2. The third-order valence-electron chi connectivity index (χ3n) is 5.16. The minimum Gasteiger partial charge on any atom is -0.356 e. The van der Waals surface area contributed by atoms with Crippen LogP contribution in [0.15, 0.2) is 48.5 Å². The Hall–Kier alpha value is -2.40. The molecule has 1 aliphatic rings. The molecular formula is C22H24ClFN2O2. The van der Waals surface area contributed by atoms with Crippen LogP contribution in [0.5, 0.6) is 0 Å². The molecule has 6 heteroatoms. The molecule has 3 rings (SSSR count). The second-order valence-corrected chi connectivity index (χ2v) is 7.56. The van der Waals surface area contributed by atoms with Crippen molar-refractivity contribution in [2.75, 3.05) is 19.6 Å². The topological polar surface area (TPSA) is 49.4 Å². The molecule has 1 fully saturated rings. The first kappa shape index (κ1) is 20.3. The molecule has 0 aromatic heterocycles. The number of likely N-dealkylation sites (tertiary alicyclic amines) is 1. The average molecular weight is 403 g/mol. The van der Waals surface area contributed by atoms with Crippen LogP contribution in [0, 0.1) is 11.7 Å². The molecule has 0 aliphatic carbocycles. The highest BCUT2D eigenvalue weighted by Gasteiger charge is 2.40. The van der Waals surface area contributed by atoms with Crippen LogP contribution >= 0.6 is 11.6 Å². The van der Waals surface area contributed by atoms with Gasteiger partial charge in [-0.2, -0.15) is 0 Å². The lowest BCUT2D eigenvalue weighted by atomic mass is 9.88. The number of hydrogen-bond donors (Lipinski definition) is 1. The maximum atomic E-state index is 13.3. The van der Waals surface area contributed by atoms with Crippen molar-refractivity contribution >= 4 is 23.4 Å². The van der Waals surface area contributed by atoms with Gasteiger partial charge in [-0.3, -0.25) is 9.59 Å². The first-order valence-electron chi connectivity index (χ1n) is 9.57. The second-order valence-electron chi connectivity index (χ2n) is 7.13. The van der Waals surface area contributed by atoms with Gasteiger partial charge < -0.3 is 10.2 Å².